The molecule has 3 N–H and O–H groups in total. The largest absolute Gasteiger partial charge is 0.492 e. The van der Waals surface area contributed by atoms with E-state index in [2.05, 4.69) is 59.8 Å². The Morgan fingerprint density at radius 3 is 2.23 bits per heavy atom. The Labute approximate surface area is 197 Å². The Kier molecular flexibility index (Phi) is 9.00. The van der Waals surface area contributed by atoms with Crippen molar-refractivity contribution in [2.24, 2.45) is 0 Å². The second-order valence-corrected chi connectivity index (χ2v) is 9.30. The van der Waals surface area contributed by atoms with E-state index < -0.39 is 5.91 Å². The first-order valence-electron chi connectivity index (χ1n) is 10.1. The molecule has 0 radical (unpaired) electrons. The average Bonchev–Trinajstić information content (AvgIpc) is 2.72. The quantitative estimate of drug-likeness (QED) is 0.296. The van der Waals surface area contributed by atoms with Crippen molar-refractivity contribution in [3.8, 4) is 5.75 Å². The highest BCUT2D eigenvalue weighted by Crippen LogP contribution is 2.26. The fourth-order valence-corrected chi connectivity index (χ4v) is 3.24. The van der Waals surface area contributed by atoms with Gasteiger partial charge in [-0.1, -0.05) is 46.2 Å². The van der Waals surface area contributed by atoms with Gasteiger partial charge in [0.25, 0.3) is 11.8 Å². The Balaban J connectivity index is 1.87. The van der Waals surface area contributed by atoms with E-state index in [-0.39, 0.29) is 16.4 Å². The molecule has 2 amide bonds. The van der Waals surface area contributed by atoms with Crippen molar-refractivity contribution < 1.29 is 14.3 Å². The Hall–Kier alpha value is -2.45. The topological polar surface area (TPSA) is 79.5 Å². The van der Waals surface area contributed by atoms with Crippen molar-refractivity contribution in [3.63, 3.8) is 0 Å². The maximum atomic E-state index is 12.4. The van der Waals surface area contributed by atoms with Crippen LogP contribution in [0.3, 0.4) is 0 Å². The van der Waals surface area contributed by atoms with Gasteiger partial charge in [-0.2, -0.15) is 0 Å². The van der Waals surface area contributed by atoms with E-state index in [1.165, 1.54) is 0 Å². The van der Waals surface area contributed by atoms with Crippen molar-refractivity contribution in [2.45, 2.75) is 46.0 Å². The third-order valence-electron chi connectivity index (χ3n) is 4.48. The summed E-state index contributed by atoms with van der Waals surface area (Å²) in [7, 11) is 0. The Morgan fingerprint density at radius 2 is 1.65 bits per heavy atom. The minimum Gasteiger partial charge on any atom is -0.492 e. The lowest BCUT2D eigenvalue weighted by Crippen LogP contribution is -2.48. The first-order valence-corrected chi connectivity index (χ1v) is 11.3. The molecule has 0 aromatic heterocycles. The number of ether oxygens (including phenoxy) is 1. The number of unbranched alkanes of at least 4 members (excludes halogenated alkanes) is 1. The fourth-order valence-electron chi connectivity index (χ4n) is 2.60. The van der Waals surface area contributed by atoms with Crippen molar-refractivity contribution >= 4 is 45.1 Å². The maximum Gasteiger partial charge on any atom is 0.269 e. The van der Waals surface area contributed by atoms with Crippen molar-refractivity contribution in [3.05, 3.63) is 63.6 Å². The average molecular weight is 506 g/mol. The molecule has 31 heavy (non-hydrogen) atoms. The molecule has 0 atom stereocenters. The van der Waals surface area contributed by atoms with E-state index in [0.717, 1.165) is 18.4 Å². The van der Waals surface area contributed by atoms with Gasteiger partial charge >= 0.3 is 0 Å². The van der Waals surface area contributed by atoms with Gasteiger partial charge in [-0.3, -0.25) is 25.8 Å². The van der Waals surface area contributed by atoms with E-state index in [0.29, 0.717) is 28.0 Å². The van der Waals surface area contributed by atoms with Gasteiger partial charge in [0.2, 0.25) is 0 Å². The number of hydrogen-bond acceptors (Lipinski definition) is 4. The molecule has 8 heteroatoms. The molecule has 2 rings (SSSR count). The van der Waals surface area contributed by atoms with Gasteiger partial charge in [-0.05, 0) is 75.9 Å². The molecule has 0 saturated heterocycles. The predicted octanol–water partition coefficient (Wildman–Crippen LogP) is 4.87. The molecule has 6 nitrogen and oxygen atoms in total. The molecular formula is C23H28BrN3O3S. The predicted molar refractivity (Wildman–Crippen MR) is 130 cm³/mol. The zero-order valence-corrected chi connectivity index (χ0v) is 20.6. The summed E-state index contributed by atoms with van der Waals surface area (Å²) >= 11 is 8.52. The van der Waals surface area contributed by atoms with Crippen LogP contribution in [0, 0.1) is 0 Å². The van der Waals surface area contributed by atoms with Crippen molar-refractivity contribution in [1.29, 1.82) is 0 Å². The SMILES string of the molecule is CCCCOc1ccc(C(=O)NC(=S)NNC(=O)c2ccc(C(C)(C)C)cc2)cc1Br. The monoisotopic (exact) mass is 505 g/mol. The number of benzene rings is 2. The lowest BCUT2D eigenvalue weighted by molar-refractivity contribution is 0.0934. The van der Waals surface area contributed by atoms with E-state index >= 15 is 0 Å². The van der Waals surface area contributed by atoms with Gasteiger partial charge in [-0.15, -0.1) is 0 Å². The van der Waals surface area contributed by atoms with E-state index in [4.69, 9.17) is 17.0 Å². The van der Waals surface area contributed by atoms with Crippen LogP contribution < -0.4 is 20.9 Å². The normalized spacial score (nSPS) is 10.9. The lowest BCUT2D eigenvalue weighted by atomic mass is 9.87. The standard InChI is InChI=1S/C23H28BrN3O3S/c1-5-6-13-30-19-12-9-16(14-18(19)24)20(28)25-22(31)27-26-21(29)15-7-10-17(11-8-15)23(2,3)4/h7-12,14H,5-6,13H2,1-4H3,(H,26,29)(H2,25,27,28,31). The molecule has 0 aliphatic rings. The van der Waals surface area contributed by atoms with E-state index in [1.54, 1.807) is 30.3 Å². The summed E-state index contributed by atoms with van der Waals surface area (Å²) < 4.78 is 6.34. The Morgan fingerprint density at radius 1 is 1.00 bits per heavy atom. The molecule has 2 aromatic rings. The van der Waals surface area contributed by atoms with Gasteiger partial charge in [0.1, 0.15) is 5.75 Å². The molecule has 0 aliphatic carbocycles. The first-order chi connectivity index (χ1) is 14.6. The van der Waals surface area contributed by atoms with Crippen LogP contribution >= 0.6 is 28.1 Å². The number of carbonyl (C=O) groups excluding carboxylic acids is 2. The van der Waals surface area contributed by atoms with Crippen LogP contribution in [0.1, 0.15) is 66.8 Å². The van der Waals surface area contributed by atoms with Gasteiger partial charge < -0.3 is 4.74 Å². The number of thiocarbonyl (C=S) groups is 1. The number of amides is 2. The number of halogens is 1. The van der Waals surface area contributed by atoms with Crippen LogP contribution in [0.25, 0.3) is 0 Å². The summed E-state index contributed by atoms with van der Waals surface area (Å²) in [5, 5.41) is 2.53. The smallest absolute Gasteiger partial charge is 0.269 e. The summed E-state index contributed by atoms with van der Waals surface area (Å²) in [4.78, 5) is 24.7. The molecule has 0 aliphatic heterocycles. The summed E-state index contributed by atoms with van der Waals surface area (Å²) in [6.45, 7) is 9.03. The van der Waals surface area contributed by atoms with Crippen LogP contribution in [0.4, 0.5) is 0 Å². The highest BCUT2D eigenvalue weighted by atomic mass is 79.9. The first kappa shape index (κ1) is 24.8. The van der Waals surface area contributed by atoms with Gasteiger partial charge in [0.15, 0.2) is 5.11 Å². The zero-order valence-electron chi connectivity index (χ0n) is 18.2. The second kappa shape index (κ2) is 11.2. The van der Waals surface area contributed by atoms with E-state index in [9.17, 15) is 9.59 Å². The molecular weight excluding hydrogens is 478 g/mol. The minimum atomic E-state index is -0.401. The molecule has 0 fully saturated rings. The molecule has 0 bridgehead atoms. The van der Waals surface area contributed by atoms with Crippen LogP contribution in [0.2, 0.25) is 0 Å². The molecule has 0 saturated carbocycles. The van der Waals surface area contributed by atoms with Gasteiger partial charge in [-0.25, -0.2) is 0 Å². The highest BCUT2D eigenvalue weighted by molar-refractivity contribution is 9.10. The molecule has 166 valence electrons. The number of hydrogen-bond donors (Lipinski definition) is 3. The third-order valence-corrected chi connectivity index (χ3v) is 5.30. The summed E-state index contributed by atoms with van der Waals surface area (Å²) in [5.41, 5.74) is 7.07. The summed E-state index contributed by atoms with van der Waals surface area (Å²) in [6.07, 6.45) is 2.00. The third kappa shape index (κ3) is 7.63. The molecule has 0 heterocycles. The number of nitrogens with one attached hydrogen (secondary N) is 3. The summed E-state index contributed by atoms with van der Waals surface area (Å²) in [6, 6.07) is 12.4. The van der Waals surface area contributed by atoms with Crippen molar-refractivity contribution in [2.75, 3.05) is 6.61 Å². The van der Waals surface area contributed by atoms with E-state index in [1.807, 2.05) is 12.1 Å². The molecule has 2 aromatic carbocycles. The molecule has 0 spiro atoms. The number of rotatable bonds is 6. The van der Waals surface area contributed by atoms with Gasteiger partial charge in [0, 0.05) is 11.1 Å². The van der Waals surface area contributed by atoms with Crippen molar-refractivity contribution in [1.82, 2.24) is 16.2 Å². The second-order valence-electron chi connectivity index (χ2n) is 8.04. The van der Waals surface area contributed by atoms with Gasteiger partial charge in [0.05, 0.1) is 11.1 Å². The fraction of sp³-hybridized carbons (Fsp3) is 0.348. The van der Waals surface area contributed by atoms with Crippen LogP contribution in [0.15, 0.2) is 46.9 Å². The van der Waals surface area contributed by atoms with Crippen LogP contribution in [0.5, 0.6) is 5.75 Å². The van der Waals surface area contributed by atoms with Crippen LogP contribution in [-0.4, -0.2) is 23.5 Å². The van der Waals surface area contributed by atoms with Crippen LogP contribution in [-0.2, 0) is 5.41 Å². The Bertz CT molecular complexity index is 940. The number of carbonyl (C=O) groups is 2. The zero-order chi connectivity index (χ0) is 23.0. The number of hydrazine groups is 1. The summed E-state index contributed by atoms with van der Waals surface area (Å²) in [5.74, 6) is -0.0779. The lowest BCUT2D eigenvalue weighted by Gasteiger charge is -2.19. The maximum absolute atomic E-state index is 12.4. The minimum absolute atomic E-state index is 0.00787. The molecule has 0 unspecified atom stereocenters. The highest BCUT2D eigenvalue weighted by Gasteiger charge is 2.15.